The quantitative estimate of drug-likeness (QED) is 0.723. The Hall–Kier alpha value is -3.35. The van der Waals surface area contributed by atoms with Gasteiger partial charge in [0.05, 0.1) is 28.0 Å². The van der Waals surface area contributed by atoms with Crippen molar-refractivity contribution in [2.45, 2.75) is 32.7 Å². The maximum absolute atomic E-state index is 13.9. The summed E-state index contributed by atoms with van der Waals surface area (Å²) in [5.41, 5.74) is 3.78. The normalized spacial score (nSPS) is 14.7. The summed E-state index contributed by atoms with van der Waals surface area (Å²) in [6, 6.07) is 11.3. The van der Waals surface area contributed by atoms with Gasteiger partial charge < -0.3 is 10.2 Å². The van der Waals surface area contributed by atoms with Gasteiger partial charge >= 0.3 is 0 Å². The van der Waals surface area contributed by atoms with E-state index < -0.39 is 5.82 Å². The standard InChI is InChI=1S/C23H23FN4O2/c1-14-15(2)26-21-13-16(7-8-20(21)25-14)22(29)27-17-9-11-28(12-10-17)23(30)18-5-3-4-6-19(18)24/h3-8,13,17H,9-12H2,1-2H3,(H,27,29). The first-order valence-electron chi connectivity index (χ1n) is 10.0. The van der Waals surface area contributed by atoms with Crippen molar-refractivity contribution < 1.29 is 14.0 Å². The molecule has 0 saturated carbocycles. The van der Waals surface area contributed by atoms with Gasteiger partial charge in [-0.3, -0.25) is 9.59 Å². The van der Waals surface area contributed by atoms with E-state index in [9.17, 15) is 14.0 Å². The van der Waals surface area contributed by atoms with Gasteiger partial charge in [0.2, 0.25) is 0 Å². The number of aryl methyl sites for hydroxylation is 2. The first-order valence-corrected chi connectivity index (χ1v) is 10.0. The molecule has 30 heavy (non-hydrogen) atoms. The maximum Gasteiger partial charge on any atom is 0.256 e. The predicted molar refractivity (Wildman–Crippen MR) is 112 cm³/mol. The summed E-state index contributed by atoms with van der Waals surface area (Å²) in [5.74, 6) is -0.991. The van der Waals surface area contributed by atoms with Crippen LogP contribution in [0.4, 0.5) is 4.39 Å². The van der Waals surface area contributed by atoms with Crippen molar-refractivity contribution in [3.05, 3.63) is 70.8 Å². The Bertz CT molecular complexity index is 1120. The SMILES string of the molecule is Cc1nc2ccc(C(=O)NC3CCN(C(=O)c4ccccc4F)CC3)cc2nc1C. The average molecular weight is 406 g/mol. The van der Waals surface area contributed by atoms with Gasteiger partial charge in [-0.2, -0.15) is 0 Å². The van der Waals surface area contributed by atoms with Crippen LogP contribution in [0, 0.1) is 19.7 Å². The number of rotatable bonds is 3. The molecule has 4 rings (SSSR count). The Balaban J connectivity index is 1.38. The molecule has 1 aliphatic rings. The molecule has 7 heteroatoms. The number of hydrogen-bond donors (Lipinski definition) is 1. The lowest BCUT2D eigenvalue weighted by molar-refractivity contribution is 0.0693. The molecule has 1 N–H and O–H groups in total. The molecule has 1 aromatic heterocycles. The monoisotopic (exact) mass is 406 g/mol. The Morgan fingerprint density at radius 3 is 2.37 bits per heavy atom. The maximum atomic E-state index is 13.9. The summed E-state index contributed by atoms with van der Waals surface area (Å²) in [5, 5.41) is 3.04. The van der Waals surface area contributed by atoms with Crippen molar-refractivity contribution in [2.24, 2.45) is 0 Å². The predicted octanol–water partition coefficient (Wildman–Crippen LogP) is 3.42. The number of piperidine rings is 1. The second-order valence-corrected chi connectivity index (χ2v) is 7.62. The highest BCUT2D eigenvalue weighted by Gasteiger charge is 2.26. The highest BCUT2D eigenvalue weighted by atomic mass is 19.1. The van der Waals surface area contributed by atoms with E-state index in [0.717, 1.165) is 16.9 Å². The topological polar surface area (TPSA) is 75.2 Å². The number of nitrogens with one attached hydrogen (secondary N) is 1. The van der Waals surface area contributed by atoms with E-state index in [-0.39, 0.29) is 23.4 Å². The van der Waals surface area contributed by atoms with Crippen LogP contribution in [0.15, 0.2) is 42.5 Å². The van der Waals surface area contributed by atoms with E-state index in [1.807, 2.05) is 13.8 Å². The number of benzene rings is 2. The number of carbonyl (C=O) groups excluding carboxylic acids is 2. The van der Waals surface area contributed by atoms with Crippen LogP contribution in [0.1, 0.15) is 44.9 Å². The molecule has 3 aromatic rings. The molecular formula is C23H23FN4O2. The Morgan fingerprint density at radius 2 is 1.67 bits per heavy atom. The summed E-state index contributed by atoms with van der Waals surface area (Å²) in [6.45, 7) is 4.75. The zero-order valence-corrected chi connectivity index (χ0v) is 17.0. The minimum absolute atomic E-state index is 0.0382. The van der Waals surface area contributed by atoms with Gasteiger partial charge in [-0.1, -0.05) is 12.1 Å². The van der Waals surface area contributed by atoms with E-state index >= 15 is 0 Å². The summed E-state index contributed by atoms with van der Waals surface area (Å²) in [6.07, 6.45) is 1.25. The fourth-order valence-corrected chi connectivity index (χ4v) is 3.67. The van der Waals surface area contributed by atoms with Crippen molar-refractivity contribution in [3.63, 3.8) is 0 Å². The zero-order valence-electron chi connectivity index (χ0n) is 17.0. The first-order chi connectivity index (χ1) is 14.4. The molecule has 1 saturated heterocycles. The van der Waals surface area contributed by atoms with Crippen molar-refractivity contribution >= 4 is 22.8 Å². The van der Waals surface area contributed by atoms with Gasteiger partial charge in [0.1, 0.15) is 5.82 Å². The van der Waals surface area contributed by atoms with Crippen molar-refractivity contribution in [1.82, 2.24) is 20.2 Å². The zero-order chi connectivity index (χ0) is 21.3. The molecule has 0 radical (unpaired) electrons. The number of hydrogen-bond acceptors (Lipinski definition) is 4. The molecular weight excluding hydrogens is 383 g/mol. The Morgan fingerprint density at radius 1 is 1.00 bits per heavy atom. The number of likely N-dealkylation sites (tertiary alicyclic amines) is 1. The number of amides is 2. The molecule has 0 bridgehead atoms. The van der Waals surface area contributed by atoms with Crippen LogP contribution in [-0.2, 0) is 0 Å². The molecule has 6 nitrogen and oxygen atoms in total. The van der Waals surface area contributed by atoms with Crippen LogP contribution >= 0.6 is 0 Å². The number of halogens is 1. The van der Waals surface area contributed by atoms with Crippen LogP contribution in [-0.4, -0.2) is 45.8 Å². The van der Waals surface area contributed by atoms with E-state index in [1.54, 1.807) is 35.2 Å². The van der Waals surface area contributed by atoms with E-state index in [4.69, 9.17) is 0 Å². The van der Waals surface area contributed by atoms with Crippen molar-refractivity contribution in [1.29, 1.82) is 0 Å². The lowest BCUT2D eigenvalue weighted by Crippen LogP contribution is -2.46. The van der Waals surface area contributed by atoms with Crippen LogP contribution in [0.2, 0.25) is 0 Å². The van der Waals surface area contributed by atoms with E-state index in [1.165, 1.54) is 12.1 Å². The summed E-state index contributed by atoms with van der Waals surface area (Å²) < 4.78 is 13.9. The number of carbonyl (C=O) groups is 2. The first kappa shape index (κ1) is 19.9. The van der Waals surface area contributed by atoms with Crippen LogP contribution in [0.3, 0.4) is 0 Å². The molecule has 154 valence electrons. The van der Waals surface area contributed by atoms with E-state index in [2.05, 4.69) is 15.3 Å². The molecule has 0 aliphatic carbocycles. The fourth-order valence-electron chi connectivity index (χ4n) is 3.67. The molecule has 0 unspecified atom stereocenters. The summed E-state index contributed by atoms with van der Waals surface area (Å²) >= 11 is 0. The lowest BCUT2D eigenvalue weighted by atomic mass is 10.0. The van der Waals surface area contributed by atoms with Gasteiger partial charge in [0, 0.05) is 24.7 Å². The molecule has 2 heterocycles. The molecule has 2 amide bonds. The van der Waals surface area contributed by atoms with Crippen LogP contribution in [0.25, 0.3) is 11.0 Å². The van der Waals surface area contributed by atoms with Crippen LogP contribution < -0.4 is 5.32 Å². The summed E-state index contributed by atoms with van der Waals surface area (Å²) in [7, 11) is 0. The summed E-state index contributed by atoms with van der Waals surface area (Å²) in [4.78, 5) is 35.9. The highest BCUT2D eigenvalue weighted by Crippen LogP contribution is 2.18. The smallest absolute Gasteiger partial charge is 0.256 e. The lowest BCUT2D eigenvalue weighted by Gasteiger charge is -2.32. The fraction of sp³-hybridized carbons (Fsp3) is 0.304. The minimum Gasteiger partial charge on any atom is -0.349 e. The van der Waals surface area contributed by atoms with Crippen LogP contribution in [0.5, 0.6) is 0 Å². The largest absolute Gasteiger partial charge is 0.349 e. The third-order valence-corrected chi connectivity index (χ3v) is 5.56. The van der Waals surface area contributed by atoms with Crippen molar-refractivity contribution in [2.75, 3.05) is 13.1 Å². The number of aromatic nitrogens is 2. The third-order valence-electron chi connectivity index (χ3n) is 5.56. The van der Waals surface area contributed by atoms with Gasteiger partial charge in [0.15, 0.2) is 0 Å². The number of fused-ring (bicyclic) bond motifs is 1. The molecule has 1 fully saturated rings. The number of nitrogens with zero attached hydrogens (tertiary/aromatic N) is 3. The van der Waals surface area contributed by atoms with E-state index in [0.29, 0.717) is 37.0 Å². The average Bonchev–Trinajstić information content (AvgIpc) is 2.74. The highest BCUT2D eigenvalue weighted by molar-refractivity contribution is 5.97. The molecule has 0 spiro atoms. The van der Waals surface area contributed by atoms with Gasteiger partial charge in [-0.05, 0) is 57.0 Å². The molecule has 0 atom stereocenters. The minimum atomic E-state index is -0.511. The second-order valence-electron chi connectivity index (χ2n) is 7.62. The molecule has 2 aromatic carbocycles. The Labute approximate surface area is 174 Å². The second kappa shape index (κ2) is 8.18. The molecule has 1 aliphatic heterocycles. The van der Waals surface area contributed by atoms with Gasteiger partial charge in [-0.15, -0.1) is 0 Å². The van der Waals surface area contributed by atoms with Gasteiger partial charge in [0.25, 0.3) is 11.8 Å². The Kier molecular flexibility index (Phi) is 5.44. The van der Waals surface area contributed by atoms with Gasteiger partial charge in [-0.25, -0.2) is 14.4 Å². The van der Waals surface area contributed by atoms with Crippen molar-refractivity contribution in [3.8, 4) is 0 Å². The third kappa shape index (κ3) is 4.01.